The molecule has 0 radical (unpaired) electrons. The Kier molecular flexibility index (Phi) is 4.80. The molecule has 2 aromatic heterocycles. The number of halogens is 2. The summed E-state index contributed by atoms with van der Waals surface area (Å²) in [5.74, 6) is -1.88. The standard InChI is InChI=1S/C17H14F2N4O2/c18-11-4-1-5-12(19)16(11)14(24)10-20-17(25)13-6-2-7-15(22-13)23-9-3-8-21-23/h1-9,14,24H,10H2,(H,20,25). The van der Waals surface area contributed by atoms with E-state index >= 15 is 0 Å². The molecule has 1 unspecified atom stereocenters. The summed E-state index contributed by atoms with van der Waals surface area (Å²) in [4.78, 5) is 16.3. The van der Waals surface area contributed by atoms with Crippen molar-refractivity contribution in [2.24, 2.45) is 0 Å². The second-order valence-corrected chi connectivity index (χ2v) is 5.19. The number of nitrogens with zero attached hydrogens (tertiary/aromatic N) is 3. The van der Waals surface area contributed by atoms with E-state index in [4.69, 9.17) is 0 Å². The number of carbonyl (C=O) groups excluding carboxylic acids is 1. The minimum Gasteiger partial charge on any atom is -0.386 e. The summed E-state index contributed by atoms with van der Waals surface area (Å²) in [6.07, 6.45) is 1.74. The zero-order chi connectivity index (χ0) is 17.8. The number of pyridine rings is 1. The van der Waals surface area contributed by atoms with Crippen LogP contribution in [0.2, 0.25) is 0 Å². The van der Waals surface area contributed by atoms with E-state index in [1.165, 1.54) is 16.8 Å². The Hall–Kier alpha value is -3.13. The normalized spacial score (nSPS) is 12.0. The molecule has 1 atom stereocenters. The molecule has 1 amide bonds. The van der Waals surface area contributed by atoms with E-state index in [-0.39, 0.29) is 12.2 Å². The minimum absolute atomic E-state index is 0.0919. The number of rotatable bonds is 5. The van der Waals surface area contributed by atoms with Gasteiger partial charge in [-0.25, -0.2) is 18.4 Å². The van der Waals surface area contributed by atoms with Crippen LogP contribution in [0.25, 0.3) is 5.82 Å². The van der Waals surface area contributed by atoms with E-state index in [2.05, 4.69) is 15.4 Å². The van der Waals surface area contributed by atoms with Crippen molar-refractivity contribution in [1.82, 2.24) is 20.1 Å². The summed E-state index contributed by atoms with van der Waals surface area (Å²) < 4.78 is 28.7. The topological polar surface area (TPSA) is 80.0 Å². The molecule has 2 heterocycles. The van der Waals surface area contributed by atoms with Crippen LogP contribution in [0.4, 0.5) is 8.78 Å². The highest BCUT2D eigenvalue weighted by atomic mass is 19.1. The van der Waals surface area contributed by atoms with Gasteiger partial charge in [-0.15, -0.1) is 0 Å². The third-order valence-corrected chi connectivity index (χ3v) is 3.50. The first-order chi connectivity index (χ1) is 12.1. The number of nitrogens with one attached hydrogen (secondary N) is 1. The maximum Gasteiger partial charge on any atom is 0.270 e. The van der Waals surface area contributed by atoms with E-state index in [9.17, 15) is 18.7 Å². The Balaban J connectivity index is 1.70. The molecule has 0 aliphatic heterocycles. The third-order valence-electron chi connectivity index (χ3n) is 3.50. The maximum absolute atomic E-state index is 13.6. The molecule has 3 rings (SSSR count). The number of aromatic nitrogens is 3. The highest BCUT2D eigenvalue weighted by Crippen LogP contribution is 2.20. The molecule has 0 bridgehead atoms. The molecule has 0 spiro atoms. The number of hydrogen-bond acceptors (Lipinski definition) is 4. The monoisotopic (exact) mass is 344 g/mol. The molecule has 0 saturated carbocycles. The summed E-state index contributed by atoms with van der Waals surface area (Å²) in [7, 11) is 0. The number of amides is 1. The summed E-state index contributed by atoms with van der Waals surface area (Å²) >= 11 is 0. The lowest BCUT2D eigenvalue weighted by molar-refractivity contribution is 0.0906. The summed E-state index contributed by atoms with van der Waals surface area (Å²) in [5, 5.41) is 16.4. The molecular formula is C17H14F2N4O2. The van der Waals surface area contributed by atoms with Gasteiger partial charge in [-0.2, -0.15) is 5.10 Å². The van der Waals surface area contributed by atoms with Gasteiger partial charge in [-0.1, -0.05) is 12.1 Å². The molecule has 0 fully saturated rings. The predicted octanol–water partition coefficient (Wildman–Crippen LogP) is 2.01. The summed E-state index contributed by atoms with van der Waals surface area (Å²) in [6, 6.07) is 9.78. The van der Waals surface area contributed by atoms with Gasteiger partial charge in [0.25, 0.3) is 5.91 Å². The fraction of sp³-hybridized carbons (Fsp3) is 0.118. The van der Waals surface area contributed by atoms with Crippen molar-refractivity contribution in [2.45, 2.75) is 6.10 Å². The third kappa shape index (κ3) is 3.69. The first-order valence-corrected chi connectivity index (χ1v) is 7.43. The molecule has 0 aliphatic carbocycles. The lowest BCUT2D eigenvalue weighted by Crippen LogP contribution is -2.30. The summed E-state index contributed by atoms with van der Waals surface area (Å²) in [5.41, 5.74) is -0.393. The highest BCUT2D eigenvalue weighted by molar-refractivity contribution is 5.92. The van der Waals surface area contributed by atoms with Crippen molar-refractivity contribution in [3.8, 4) is 5.82 Å². The van der Waals surface area contributed by atoms with Gasteiger partial charge < -0.3 is 10.4 Å². The van der Waals surface area contributed by atoms with E-state index in [0.29, 0.717) is 5.82 Å². The Morgan fingerprint density at radius 1 is 1.16 bits per heavy atom. The number of aliphatic hydroxyl groups is 1. The Morgan fingerprint density at radius 3 is 2.56 bits per heavy atom. The molecule has 6 nitrogen and oxygen atoms in total. The molecule has 0 aliphatic rings. The number of carbonyl (C=O) groups is 1. The molecule has 128 valence electrons. The fourth-order valence-corrected chi connectivity index (χ4v) is 2.29. The molecule has 3 aromatic rings. The highest BCUT2D eigenvalue weighted by Gasteiger charge is 2.19. The average molecular weight is 344 g/mol. The van der Waals surface area contributed by atoms with Crippen molar-refractivity contribution < 1.29 is 18.7 Å². The molecular weight excluding hydrogens is 330 g/mol. The van der Waals surface area contributed by atoms with Gasteiger partial charge in [0, 0.05) is 18.9 Å². The molecule has 25 heavy (non-hydrogen) atoms. The second kappa shape index (κ2) is 7.18. The molecule has 0 saturated heterocycles. The van der Waals surface area contributed by atoms with Gasteiger partial charge >= 0.3 is 0 Å². The zero-order valence-electron chi connectivity index (χ0n) is 12.9. The smallest absolute Gasteiger partial charge is 0.270 e. The Bertz CT molecular complexity index is 864. The van der Waals surface area contributed by atoms with Gasteiger partial charge in [-0.3, -0.25) is 4.79 Å². The van der Waals surface area contributed by atoms with Gasteiger partial charge in [-0.05, 0) is 30.3 Å². The maximum atomic E-state index is 13.6. The van der Waals surface area contributed by atoms with Gasteiger partial charge in [0.15, 0.2) is 5.82 Å². The number of aliphatic hydroxyl groups excluding tert-OH is 1. The largest absolute Gasteiger partial charge is 0.386 e. The van der Waals surface area contributed by atoms with Crippen LogP contribution in [0.5, 0.6) is 0 Å². The van der Waals surface area contributed by atoms with Crippen LogP contribution in [-0.4, -0.2) is 32.3 Å². The van der Waals surface area contributed by atoms with Crippen LogP contribution in [0.3, 0.4) is 0 Å². The van der Waals surface area contributed by atoms with E-state index in [1.54, 1.807) is 30.6 Å². The number of hydrogen-bond donors (Lipinski definition) is 2. The summed E-state index contributed by atoms with van der Waals surface area (Å²) in [6.45, 7) is -0.357. The first kappa shape index (κ1) is 16.7. The number of benzene rings is 1. The molecule has 2 N–H and O–H groups in total. The quantitative estimate of drug-likeness (QED) is 0.742. The van der Waals surface area contributed by atoms with Gasteiger partial charge in [0.2, 0.25) is 0 Å². The second-order valence-electron chi connectivity index (χ2n) is 5.19. The van der Waals surface area contributed by atoms with Crippen molar-refractivity contribution in [2.75, 3.05) is 6.54 Å². The van der Waals surface area contributed by atoms with Crippen molar-refractivity contribution >= 4 is 5.91 Å². The van der Waals surface area contributed by atoms with Crippen LogP contribution in [0.1, 0.15) is 22.2 Å². The van der Waals surface area contributed by atoms with E-state index in [1.807, 2.05) is 0 Å². The Labute approximate surface area is 141 Å². The first-order valence-electron chi connectivity index (χ1n) is 7.43. The van der Waals surface area contributed by atoms with E-state index < -0.39 is 29.2 Å². The lowest BCUT2D eigenvalue weighted by atomic mass is 10.1. The van der Waals surface area contributed by atoms with Crippen molar-refractivity contribution in [1.29, 1.82) is 0 Å². The fourth-order valence-electron chi connectivity index (χ4n) is 2.29. The van der Waals surface area contributed by atoms with Crippen LogP contribution < -0.4 is 5.32 Å². The average Bonchev–Trinajstić information content (AvgIpc) is 3.14. The van der Waals surface area contributed by atoms with Gasteiger partial charge in [0.05, 0.1) is 5.56 Å². The zero-order valence-corrected chi connectivity index (χ0v) is 12.9. The van der Waals surface area contributed by atoms with Crippen LogP contribution in [-0.2, 0) is 0 Å². The molecule has 8 heteroatoms. The SMILES string of the molecule is O=C(NCC(O)c1c(F)cccc1F)c1cccc(-n2cccn2)n1. The van der Waals surface area contributed by atoms with Crippen LogP contribution >= 0.6 is 0 Å². The molecule has 1 aromatic carbocycles. The predicted molar refractivity (Wildman–Crippen MR) is 85.0 cm³/mol. The van der Waals surface area contributed by atoms with Gasteiger partial charge in [0.1, 0.15) is 23.4 Å². The minimum atomic E-state index is -1.51. The van der Waals surface area contributed by atoms with E-state index in [0.717, 1.165) is 12.1 Å². The van der Waals surface area contributed by atoms with Crippen molar-refractivity contribution in [3.05, 3.63) is 77.8 Å². The van der Waals surface area contributed by atoms with Crippen LogP contribution in [0.15, 0.2) is 54.9 Å². The van der Waals surface area contributed by atoms with Crippen molar-refractivity contribution in [3.63, 3.8) is 0 Å². The Morgan fingerprint density at radius 2 is 1.88 bits per heavy atom. The van der Waals surface area contributed by atoms with Crippen LogP contribution in [0, 0.1) is 11.6 Å². The lowest BCUT2D eigenvalue weighted by Gasteiger charge is -2.14.